The first kappa shape index (κ1) is 17.3. The van der Waals surface area contributed by atoms with Crippen molar-refractivity contribution in [2.24, 2.45) is 0 Å². The van der Waals surface area contributed by atoms with Gasteiger partial charge in [0.05, 0.1) is 29.8 Å². The number of rotatable bonds is 4. The van der Waals surface area contributed by atoms with Gasteiger partial charge in [0, 0.05) is 19.4 Å². The lowest BCUT2D eigenvalue weighted by Crippen LogP contribution is -2.38. The van der Waals surface area contributed by atoms with Crippen LogP contribution in [0.3, 0.4) is 0 Å². The first-order valence-corrected chi connectivity index (χ1v) is 8.14. The van der Waals surface area contributed by atoms with E-state index in [2.05, 4.69) is 15.4 Å². The highest BCUT2D eigenvalue weighted by molar-refractivity contribution is 6.39. The third-order valence-electron chi connectivity index (χ3n) is 4.15. The van der Waals surface area contributed by atoms with Crippen molar-refractivity contribution in [1.82, 2.24) is 19.7 Å². The SMILES string of the molecule is C[C@@H](c1ccccc1)N(C)C(=O)C(=O)Nc1cnn(-c2ccncc2)c1. The molecule has 0 unspecified atom stereocenters. The molecule has 26 heavy (non-hydrogen) atoms. The smallest absolute Gasteiger partial charge is 0.313 e. The quantitative estimate of drug-likeness (QED) is 0.734. The number of aromatic nitrogens is 3. The molecule has 1 N–H and O–H groups in total. The van der Waals surface area contributed by atoms with Crippen LogP contribution in [0.1, 0.15) is 18.5 Å². The molecule has 0 aliphatic rings. The standard InChI is InChI=1S/C19H19N5O2/c1-14(15-6-4-3-5-7-15)23(2)19(26)18(25)22-16-12-21-24(13-16)17-8-10-20-11-9-17/h3-14H,1-2H3,(H,22,25)/t14-/m0/s1. The van der Waals surface area contributed by atoms with Gasteiger partial charge in [-0.05, 0) is 24.6 Å². The van der Waals surface area contributed by atoms with Gasteiger partial charge in [0.15, 0.2) is 0 Å². The summed E-state index contributed by atoms with van der Waals surface area (Å²) in [5, 5.41) is 6.77. The Morgan fingerprint density at radius 2 is 1.81 bits per heavy atom. The maximum atomic E-state index is 12.4. The molecule has 0 radical (unpaired) electrons. The lowest BCUT2D eigenvalue weighted by molar-refractivity contribution is -0.143. The van der Waals surface area contributed by atoms with Crippen LogP contribution in [0.4, 0.5) is 5.69 Å². The van der Waals surface area contributed by atoms with Crippen molar-refractivity contribution in [3.63, 3.8) is 0 Å². The van der Waals surface area contributed by atoms with Crippen LogP contribution in [0.5, 0.6) is 0 Å². The zero-order valence-corrected chi connectivity index (χ0v) is 14.5. The van der Waals surface area contributed by atoms with Crippen molar-refractivity contribution >= 4 is 17.5 Å². The largest absolute Gasteiger partial charge is 0.331 e. The van der Waals surface area contributed by atoms with Crippen LogP contribution in [0, 0.1) is 0 Å². The predicted octanol–water partition coefficient (Wildman–Crippen LogP) is 2.43. The van der Waals surface area contributed by atoms with Gasteiger partial charge in [-0.15, -0.1) is 0 Å². The third kappa shape index (κ3) is 3.77. The van der Waals surface area contributed by atoms with Crippen LogP contribution in [0.2, 0.25) is 0 Å². The molecule has 0 saturated heterocycles. The normalized spacial score (nSPS) is 11.6. The molecule has 2 aromatic heterocycles. The molecular formula is C19H19N5O2. The van der Waals surface area contributed by atoms with Crippen molar-refractivity contribution in [3.05, 3.63) is 72.8 Å². The zero-order chi connectivity index (χ0) is 18.5. The monoisotopic (exact) mass is 349 g/mol. The molecule has 0 aliphatic carbocycles. The number of nitrogens with one attached hydrogen (secondary N) is 1. The van der Waals surface area contributed by atoms with E-state index < -0.39 is 11.8 Å². The van der Waals surface area contributed by atoms with E-state index in [-0.39, 0.29) is 6.04 Å². The predicted molar refractivity (Wildman–Crippen MR) is 97.6 cm³/mol. The fourth-order valence-corrected chi connectivity index (χ4v) is 2.50. The number of pyridine rings is 1. The molecule has 0 aliphatic heterocycles. The Labute approximate surface area is 151 Å². The molecule has 2 amide bonds. The van der Waals surface area contributed by atoms with E-state index in [0.29, 0.717) is 5.69 Å². The molecule has 3 rings (SSSR count). The van der Waals surface area contributed by atoms with Gasteiger partial charge in [-0.1, -0.05) is 30.3 Å². The van der Waals surface area contributed by atoms with Crippen LogP contribution in [-0.2, 0) is 9.59 Å². The van der Waals surface area contributed by atoms with Crippen LogP contribution in [-0.4, -0.2) is 38.5 Å². The van der Waals surface area contributed by atoms with Crippen LogP contribution >= 0.6 is 0 Å². The van der Waals surface area contributed by atoms with Crippen molar-refractivity contribution in [1.29, 1.82) is 0 Å². The van der Waals surface area contributed by atoms with Gasteiger partial charge in [-0.2, -0.15) is 5.10 Å². The van der Waals surface area contributed by atoms with Gasteiger partial charge in [0.1, 0.15) is 0 Å². The van der Waals surface area contributed by atoms with Crippen molar-refractivity contribution in [2.75, 3.05) is 12.4 Å². The molecule has 3 aromatic rings. The fourth-order valence-electron chi connectivity index (χ4n) is 2.50. The Hall–Kier alpha value is -3.48. The summed E-state index contributed by atoms with van der Waals surface area (Å²) in [6, 6.07) is 12.9. The Bertz CT molecular complexity index is 893. The summed E-state index contributed by atoms with van der Waals surface area (Å²) in [5.41, 5.74) is 2.21. The number of anilines is 1. The molecule has 0 fully saturated rings. The number of likely N-dealkylation sites (N-methyl/N-ethyl adjacent to an activating group) is 1. The number of hydrogen-bond acceptors (Lipinski definition) is 4. The third-order valence-corrected chi connectivity index (χ3v) is 4.15. The lowest BCUT2D eigenvalue weighted by Gasteiger charge is -2.24. The van der Waals surface area contributed by atoms with Crippen molar-refractivity contribution in [2.45, 2.75) is 13.0 Å². The lowest BCUT2D eigenvalue weighted by atomic mass is 10.1. The van der Waals surface area contributed by atoms with Gasteiger partial charge in [-0.3, -0.25) is 14.6 Å². The molecule has 0 spiro atoms. The molecular weight excluding hydrogens is 330 g/mol. The van der Waals surface area contributed by atoms with Gasteiger partial charge >= 0.3 is 11.8 Å². The highest BCUT2D eigenvalue weighted by Gasteiger charge is 2.24. The van der Waals surface area contributed by atoms with E-state index in [4.69, 9.17) is 0 Å². The average molecular weight is 349 g/mol. The first-order valence-electron chi connectivity index (χ1n) is 8.14. The second kappa shape index (κ2) is 7.60. The number of amides is 2. The number of benzene rings is 1. The van der Waals surface area contributed by atoms with Crippen molar-refractivity contribution < 1.29 is 9.59 Å². The van der Waals surface area contributed by atoms with Crippen molar-refractivity contribution in [3.8, 4) is 5.69 Å². The topological polar surface area (TPSA) is 80.1 Å². The Balaban J connectivity index is 1.66. The summed E-state index contributed by atoms with van der Waals surface area (Å²) < 4.78 is 1.60. The molecule has 1 aromatic carbocycles. The minimum atomic E-state index is -0.704. The summed E-state index contributed by atoms with van der Waals surface area (Å²) >= 11 is 0. The summed E-state index contributed by atoms with van der Waals surface area (Å²) in [5.74, 6) is -1.32. The minimum Gasteiger partial charge on any atom is -0.331 e. The van der Waals surface area contributed by atoms with Crippen LogP contribution in [0.15, 0.2) is 67.3 Å². The average Bonchev–Trinajstić information content (AvgIpc) is 3.16. The number of nitrogens with zero attached hydrogens (tertiary/aromatic N) is 4. The highest BCUT2D eigenvalue weighted by Crippen LogP contribution is 2.18. The summed E-state index contributed by atoms with van der Waals surface area (Å²) in [6.45, 7) is 1.88. The number of carbonyl (C=O) groups is 2. The molecule has 0 bridgehead atoms. The number of carbonyl (C=O) groups excluding carboxylic acids is 2. The molecule has 0 saturated carbocycles. The Morgan fingerprint density at radius 1 is 1.12 bits per heavy atom. The number of hydrogen-bond donors (Lipinski definition) is 1. The first-order chi connectivity index (χ1) is 12.6. The van der Waals surface area contributed by atoms with Gasteiger partial charge in [0.2, 0.25) is 0 Å². The second-order valence-electron chi connectivity index (χ2n) is 5.84. The van der Waals surface area contributed by atoms with Crippen LogP contribution < -0.4 is 5.32 Å². The van der Waals surface area contributed by atoms with Gasteiger partial charge < -0.3 is 10.2 Å². The van der Waals surface area contributed by atoms with E-state index in [9.17, 15) is 9.59 Å². The van der Waals surface area contributed by atoms with Gasteiger partial charge in [0.25, 0.3) is 0 Å². The van der Waals surface area contributed by atoms with E-state index in [0.717, 1.165) is 11.3 Å². The molecule has 1 atom stereocenters. The summed E-state index contributed by atoms with van der Waals surface area (Å²) in [4.78, 5) is 30.1. The van der Waals surface area contributed by atoms with Gasteiger partial charge in [-0.25, -0.2) is 4.68 Å². The van der Waals surface area contributed by atoms with E-state index in [1.54, 1.807) is 42.5 Å². The Kier molecular flexibility index (Phi) is 5.07. The molecule has 7 nitrogen and oxygen atoms in total. The molecule has 2 heterocycles. The zero-order valence-electron chi connectivity index (χ0n) is 14.5. The second-order valence-corrected chi connectivity index (χ2v) is 5.84. The summed E-state index contributed by atoms with van der Waals surface area (Å²) in [6.07, 6.45) is 6.44. The van der Waals surface area contributed by atoms with E-state index in [1.807, 2.05) is 37.3 Å². The summed E-state index contributed by atoms with van der Waals surface area (Å²) in [7, 11) is 1.61. The Morgan fingerprint density at radius 3 is 2.50 bits per heavy atom. The maximum Gasteiger partial charge on any atom is 0.313 e. The fraction of sp³-hybridized carbons (Fsp3) is 0.158. The molecule has 132 valence electrons. The maximum absolute atomic E-state index is 12.4. The highest BCUT2D eigenvalue weighted by atomic mass is 16.2. The minimum absolute atomic E-state index is 0.214. The molecule has 7 heteroatoms. The van der Waals surface area contributed by atoms with E-state index in [1.165, 1.54) is 11.1 Å². The van der Waals surface area contributed by atoms with E-state index >= 15 is 0 Å². The van der Waals surface area contributed by atoms with Crippen LogP contribution in [0.25, 0.3) is 5.69 Å².